The van der Waals surface area contributed by atoms with Gasteiger partial charge in [-0.15, -0.1) is 0 Å². The van der Waals surface area contributed by atoms with E-state index in [-0.39, 0.29) is 12.2 Å². The molecule has 1 aromatic heterocycles. The van der Waals surface area contributed by atoms with Crippen molar-refractivity contribution in [3.63, 3.8) is 0 Å². The summed E-state index contributed by atoms with van der Waals surface area (Å²) >= 11 is 0. The third-order valence-corrected chi connectivity index (χ3v) is 5.27. The van der Waals surface area contributed by atoms with E-state index in [0.29, 0.717) is 12.5 Å². The van der Waals surface area contributed by atoms with Crippen LogP contribution in [0.3, 0.4) is 0 Å². The number of hydrogen-bond donors (Lipinski definition) is 1. The average Bonchev–Trinajstić information content (AvgIpc) is 3.18. The topological polar surface area (TPSA) is 43.5 Å². The van der Waals surface area contributed by atoms with Gasteiger partial charge in [-0.3, -0.25) is 0 Å². The van der Waals surface area contributed by atoms with Crippen molar-refractivity contribution in [2.75, 3.05) is 7.11 Å². The zero-order valence-corrected chi connectivity index (χ0v) is 14.9. The van der Waals surface area contributed by atoms with Crippen molar-refractivity contribution in [3.8, 4) is 5.88 Å². The van der Waals surface area contributed by atoms with Gasteiger partial charge in [-0.2, -0.15) is 0 Å². The molecule has 0 amide bonds. The maximum absolute atomic E-state index is 6.44. The van der Waals surface area contributed by atoms with Gasteiger partial charge in [-0.25, -0.2) is 0 Å². The number of aromatic nitrogens is 1. The van der Waals surface area contributed by atoms with Gasteiger partial charge in [0.25, 0.3) is 0 Å². The quantitative estimate of drug-likeness (QED) is 0.849. The second-order valence-corrected chi connectivity index (χ2v) is 6.69. The molecule has 1 unspecified atom stereocenters. The fourth-order valence-corrected chi connectivity index (χ4v) is 3.55. The third-order valence-electron chi connectivity index (χ3n) is 5.27. The Morgan fingerprint density at radius 1 is 1.17 bits per heavy atom. The van der Waals surface area contributed by atoms with E-state index in [1.165, 1.54) is 5.56 Å². The first kappa shape index (κ1) is 17.1. The Kier molecular flexibility index (Phi) is 4.97. The highest BCUT2D eigenvalue weighted by Gasteiger charge is 2.52. The highest BCUT2D eigenvalue weighted by atomic mass is 16.6. The van der Waals surface area contributed by atoms with E-state index >= 15 is 0 Å². The predicted molar refractivity (Wildman–Crippen MR) is 94.0 cm³/mol. The Hall–Kier alpha value is -1.78. The molecule has 2 heterocycles. The van der Waals surface area contributed by atoms with Gasteiger partial charge in [0, 0.05) is 12.0 Å². The normalized spacial score (nSPS) is 29.8. The molecule has 1 aromatic carbocycles. The Morgan fingerprint density at radius 3 is 2.54 bits per heavy atom. The van der Waals surface area contributed by atoms with Crippen LogP contribution in [-0.2, 0) is 16.1 Å². The molecule has 1 aliphatic rings. The van der Waals surface area contributed by atoms with Gasteiger partial charge in [0.15, 0.2) is 5.88 Å². The second kappa shape index (κ2) is 6.99. The summed E-state index contributed by atoms with van der Waals surface area (Å²) in [6.45, 7) is 7.12. The minimum absolute atomic E-state index is 0.134. The van der Waals surface area contributed by atoms with Gasteiger partial charge >= 0.3 is 0 Å². The molecule has 2 aromatic rings. The van der Waals surface area contributed by atoms with Gasteiger partial charge in [-0.05, 0) is 25.0 Å². The summed E-state index contributed by atoms with van der Waals surface area (Å²) in [5.74, 6) is 1.04. The molecule has 0 saturated carbocycles. The predicted octanol–water partition coefficient (Wildman–Crippen LogP) is 4.48. The summed E-state index contributed by atoms with van der Waals surface area (Å²) in [6.07, 6.45) is 1.02. The zero-order valence-electron chi connectivity index (χ0n) is 14.9. The second-order valence-electron chi connectivity index (χ2n) is 6.69. The molecule has 0 aliphatic carbocycles. The molecule has 1 N–H and O–H groups in total. The van der Waals surface area contributed by atoms with Crippen LogP contribution in [0.1, 0.15) is 44.6 Å². The first-order valence-corrected chi connectivity index (χ1v) is 8.64. The van der Waals surface area contributed by atoms with E-state index in [0.717, 1.165) is 18.0 Å². The van der Waals surface area contributed by atoms with Crippen LogP contribution in [0.5, 0.6) is 5.88 Å². The van der Waals surface area contributed by atoms with Crippen LogP contribution in [-0.4, -0.2) is 23.8 Å². The Bertz CT molecular complexity index is 654. The molecule has 4 nitrogen and oxygen atoms in total. The van der Waals surface area contributed by atoms with Gasteiger partial charge in [0.2, 0.25) is 0 Å². The van der Waals surface area contributed by atoms with E-state index in [4.69, 9.17) is 14.2 Å². The number of ether oxygens (including phenoxy) is 3. The number of hydrogen-bond acceptors (Lipinski definition) is 3. The van der Waals surface area contributed by atoms with Gasteiger partial charge in [0.05, 0.1) is 25.5 Å². The third kappa shape index (κ3) is 3.08. The van der Waals surface area contributed by atoms with E-state index < -0.39 is 5.60 Å². The molecule has 4 atom stereocenters. The summed E-state index contributed by atoms with van der Waals surface area (Å²) < 4.78 is 18.1. The molecule has 1 aliphatic heterocycles. The van der Waals surface area contributed by atoms with Crippen LogP contribution in [0, 0.1) is 5.92 Å². The standard InChI is InChI=1S/C20H27NO3/c1-5-17-14(2)20(3,23-13-15-9-7-6-8-10-15)19(24-17)16-11-12-18(21-16)22-4/h6-12,14,17,19,21H,5,13H2,1-4H3/t14-,17-,19?,20-/m1/s1. The van der Waals surface area contributed by atoms with Gasteiger partial charge in [0.1, 0.15) is 11.7 Å². The van der Waals surface area contributed by atoms with E-state index in [2.05, 4.69) is 37.9 Å². The summed E-state index contributed by atoms with van der Waals surface area (Å²) in [6, 6.07) is 14.2. The Labute approximate surface area is 144 Å². The summed E-state index contributed by atoms with van der Waals surface area (Å²) in [5.41, 5.74) is 1.78. The average molecular weight is 329 g/mol. The lowest BCUT2D eigenvalue weighted by Crippen LogP contribution is -2.39. The van der Waals surface area contributed by atoms with Crippen molar-refractivity contribution in [1.29, 1.82) is 0 Å². The minimum Gasteiger partial charge on any atom is -0.482 e. The lowest BCUT2D eigenvalue weighted by atomic mass is 9.83. The molecule has 24 heavy (non-hydrogen) atoms. The Morgan fingerprint density at radius 2 is 1.92 bits per heavy atom. The fraction of sp³-hybridized carbons (Fsp3) is 0.500. The molecule has 0 spiro atoms. The van der Waals surface area contributed by atoms with Gasteiger partial charge in [-0.1, -0.05) is 44.2 Å². The first-order chi connectivity index (χ1) is 11.6. The van der Waals surface area contributed by atoms with Crippen molar-refractivity contribution in [2.45, 2.75) is 51.6 Å². The molecule has 1 saturated heterocycles. The summed E-state index contributed by atoms with van der Waals surface area (Å²) in [5, 5.41) is 0. The molecule has 4 heteroatoms. The van der Waals surface area contributed by atoms with E-state index in [1.807, 2.05) is 30.3 Å². The molecular weight excluding hydrogens is 302 g/mol. The lowest BCUT2D eigenvalue weighted by molar-refractivity contribution is -0.106. The molecule has 130 valence electrons. The monoisotopic (exact) mass is 329 g/mol. The van der Waals surface area contributed by atoms with Crippen LogP contribution in [0.25, 0.3) is 0 Å². The zero-order chi connectivity index (χ0) is 17.2. The maximum Gasteiger partial charge on any atom is 0.190 e. The van der Waals surface area contributed by atoms with Crippen molar-refractivity contribution in [2.24, 2.45) is 5.92 Å². The highest BCUT2D eigenvalue weighted by Crippen LogP contribution is 2.48. The molecule has 1 fully saturated rings. The SMILES string of the molecule is CC[C@H]1OC(c2ccc(OC)[nH]2)[C@](C)(OCc2ccccc2)[C@@H]1C. The van der Waals surface area contributed by atoms with Crippen molar-refractivity contribution in [1.82, 2.24) is 4.98 Å². The number of methoxy groups -OCH3 is 1. The van der Waals surface area contributed by atoms with Crippen molar-refractivity contribution < 1.29 is 14.2 Å². The highest BCUT2D eigenvalue weighted by molar-refractivity contribution is 5.24. The lowest BCUT2D eigenvalue weighted by Gasteiger charge is -2.33. The summed E-state index contributed by atoms with van der Waals surface area (Å²) in [7, 11) is 1.66. The molecule has 0 radical (unpaired) electrons. The first-order valence-electron chi connectivity index (χ1n) is 8.64. The Balaban J connectivity index is 1.84. The van der Waals surface area contributed by atoms with Crippen molar-refractivity contribution in [3.05, 3.63) is 53.7 Å². The van der Waals surface area contributed by atoms with Crippen LogP contribution < -0.4 is 4.74 Å². The molecule has 0 bridgehead atoms. The van der Waals surface area contributed by atoms with Crippen LogP contribution in [0.2, 0.25) is 0 Å². The van der Waals surface area contributed by atoms with Crippen LogP contribution in [0.4, 0.5) is 0 Å². The molecule has 3 rings (SSSR count). The number of H-pyrrole nitrogens is 1. The smallest absolute Gasteiger partial charge is 0.190 e. The van der Waals surface area contributed by atoms with Crippen LogP contribution >= 0.6 is 0 Å². The van der Waals surface area contributed by atoms with Gasteiger partial charge < -0.3 is 19.2 Å². The largest absolute Gasteiger partial charge is 0.482 e. The summed E-state index contributed by atoms with van der Waals surface area (Å²) in [4.78, 5) is 3.30. The van der Waals surface area contributed by atoms with E-state index in [9.17, 15) is 0 Å². The fourth-order valence-electron chi connectivity index (χ4n) is 3.55. The molecular formula is C20H27NO3. The van der Waals surface area contributed by atoms with Crippen LogP contribution in [0.15, 0.2) is 42.5 Å². The number of nitrogens with one attached hydrogen (secondary N) is 1. The maximum atomic E-state index is 6.44. The number of aromatic amines is 1. The number of benzene rings is 1. The van der Waals surface area contributed by atoms with E-state index in [1.54, 1.807) is 7.11 Å². The minimum atomic E-state index is -0.396. The van der Waals surface area contributed by atoms with Crippen molar-refractivity contribution >= 4 is 0 Å². The number of rotatable bonds is 6.